The normalized spacial score (nSPS) is 11.8. The van der Waals surface area contributed by atoms with Gasteiger partial charge in [0.2, 0.25) is 10.7 Å². The molecule has 34 heavy (non-hydrogen) atoms. The van der Waals surface area contributed by atoms with Crippen molar-refractivity contribution in [3.63, 3.8) is 0 Å². The van der Waals surface area contributed by atoms with Crippen LogP contribution in [0.3, 0.4) is 0 Å². The Hall–Kier alpha value is -3.63. The molecule has 0 aliphatic heterocycles. The third kappa shape index (κ3) is 3.95. The molecule has 0 amide bonds. The van der Waals surface area contributed by atoms with Crippen molar-refractivity contribution in [2.24, 2.45) is 0 Å². The van der Waals surface area contributed by atoms with Crippen LogP contribution in [0.5, 0.6) is 17.2 Å². The number of hydrogen-bond donors (Lipinski definition) is 0. The third-order valence-corrected chi connectivity index (χ3v) is 6.57. The molecule has 2 aromatic carbocycles. The van der Waals surface area contributed by atoms with E-state index in [2.05, 4.69) is 26.0 Å². The minimum absolute atomic E-state index is 0.272. The first-order valence-corrected chi connectivity index (χ1v) is 11.7. The maximum absolute atomic E-state index is 13.0. The van der Waals surface area contributed by atoms with Crippen LogP contribution in [0.1, 0.15) is 5.76 Å². The van der Waals surface area contributed by atoms with Crippen molar-refractivity contribution in [2.45, 2.75) is 0 Å². The highest BCUT2D eigenvalue weighted by Gasteiger charge is 2.18. The smallest absolute Gasteiger partial charge is 0.291 e. The molecule has 0 aliphatic carbocycles. The molecular formula is C24H18BrN3O5S. The van der Waals surface area contributed by atoms with Gasteiger partial charge in [0, 0.05) is 21.7 Å². The van der Waals surface area contributed by atoms with Gasteiger partial charge in [0.1, 0.15) is 16.1 Å². The number of benzene rings is 2. The zero-order chi connectivity index (χ0) is 23.8. The number of nitrogens with zero attached hydrogens (tertiary/aromatic N) is 3. The minimum Gasteiger partial charge on any atom is -0.493 e. The quantitative estimate of drug-likeness (QED) is 0.315. The average Bonchev–Trinajstić information content (AvgIpc) is 3.55. The number of thiazole rings is 1. The van der Waals surface area contributed by atoms with E-state index < -0.39 is 0 Å². The standard InChI is InChI=1S/C24H18BrN3O5S/c1-30-18-10-14(11-19(31-2)21(18)32-3)22-26-24-28(27-22)23(29)20(34-24)12-16-7-8-17(33-16)13-5-4-6-15(25)9-13/h4-12H,1-3H3. The van der Waals surface area contributed by atoms with Gasteiger partial charge >= 0.3 is 0 Å². The van der Waals surface area contributed by atoms with Crippen LogP contribution in [-0.4, -0.2) is 35.9 Å². The predicted molar refractivity (Wildman–Crippen MR) is 133 cm³/mol. The summed E-state index contributed by atoms with van der Waals surface area (Å²) in [5.74, 6) is 3.09. The third-order valence-electron chi connectivity index (χ3n) is 5.11. The van der Waals surface area contributed by atoms with Gasteiger partial charge in [0.05, 0.1) is 21.3 Å². The second-order valence-corrected chi connectivity index (χ2v) is 9.10. The lowest BCUT2D eigenvalue weighted by molar-refractivity contribution is 0.324. The first-order valence-electron chi connectivity index (χ1n) is 10.1. The molecule has 5 aromatic rings. The lowest BCUT2D eigenvalue weighted by Crippen LogP contribution is -2.23. The van der Waals surface area contributed by atoms with E-state index in [0.717, 1.165) is 10.0 Å². The second-order valence-electron chi connectivity index (χ2n) is 7.17. The molecule has 0 saturated heterocycles. The van der Waals surface area contributed by atoms with Crippen molar-refractivity contribution in [1.82, 2.24) is 14.6 Å². The summed E-state index contributed by atoms with van der Waals surface area (Å²) in [4.78, 5) is 18.0. The van der Waals surface area contributed by atoms with Crippen molar-refractivity contribution >= 4 is 38.3 Å². The van der Waals surface area contributed by atoms with E-state index >= 15 is 0 Å². The van der Waals surface area contributed by atoms with E-state index in [0.29, 0.717) is 49.7 Å². The Bertz CT molecular complexity index is 1600. The molecule has 0 unspecified atom stereocenters. The first kappa shape index (κ1) is 22.2. The Kier molecular flexibility index (Phi) is 5.84. The molecule has 172 valence electrons. The molecule has 5 rings (SSSR count). The predicted octanol–water partition coefficient (Wildman–Crippen LogP) is 4.41. The molecule has 0 atom stereocenters. The summed E-state index contributed by atoms with van der Waals surface area (Å²) >= 11 is 4.70. The topological polar surface area (TPSA) is 88.1 Å². The van der Waals surface area contributed by atoms with Gasteiger partial charge < -0.3 is 18.6 Å². The molecule has 0 spiro atoms. The lowest BCUT2D eigenvalue weighted by Gasteiger charge is -2.12. The fourth-order valence-electron chi connectivity index (χ4n) is 3.52. The molecule has 0 fully saturated rings. The highest BCUT2D eigenvalue weighted by atomic mass is 79.9. The molecular weight excluding hydrogens is 522 g/mol. The van der Waals surface area contributed by atoms with Gasteiger partial charge in [-0.15, -0.1) is 5.10 Å². The van der Waals surface area contributed by atoms with E-state index in [9.17, 15) is 4.79 Å². The van der Waals surface area contributed by atoms with Crippen LogP contribution in [0, 0.1) is 0 Å². The molecule has 10 heteroatoms. The van der Waals surface area contributed by atoms with Crippen molar-refractivity contribution in [3.05, 3.63) is 73.7 Å². The maximum Gasteiger partial charge on any atom is 0.291 e. The number of furan rings is 1. The number of fused-ring (bicyclic) bond motifs is 1. The fourth-order valence-corrected chi connectivity index (χ4v) is 4.81. The number of hydrogen-bond acceptors (Lipinski definition) is 8. The van der Waals surface area contributed by atoms with Crippen LogP contribution >= 0.6 is 27.3 Å². The van der Waals surface area contributed by atoms with Crippen LogP contribution in [0.4, 0.5) is 0 Å². The summed E-state index contributed by atoms with van der Waals surface area (Å²) in [6.07, 6.45) is 1.70. The van der Waals surface area contributed by atoms with Gasteiger partial charge in [-0.25, -0.2) is 0 Å². The summed E-state index contributed by atoms with van der Waals surface area (Å²) in [5, 5.41) is 4.41. The second kappa shape index (κ2) is 8.96. The number of halogens is 1. The van der Waals surface area contributed by atoms with Crippen molar-refractivity contribution in [3.8, 4) is 40.0 Å². The maximum atomic E-state index is 13.0. The Morgan fingerprint density at radius 1 is 1.00 bits per heavy atom. The monoisotopic (exact) mass is 539 g/mol. The van der Waals surface area contributed by atoms with Crippen molar-refractivity contribution in [2.75, 3.05) is 21.3 Å². The summed E-state index contributed by atoms with van der Waals surface area (Å²) in [6.45, 7) is 0. The first-order chi connectivity index (χ1) is 16.5. The van der Waals surface area contributed by atoms with Gasteiger partial charge in [-0.05, 0) is 36.4 Å². The van der Waals surface area contributed by atoms with Gasteiger partial charge in [-0.3, -0.25) is 4.79 Å². The summed E-state index contributed by atoms with van der Waals surface area (Å²) < 4.78 is 24.8. The minimum atomic E-state index is -0.272. The average molecular weight is 540 g/mol. The molecule has 8 nitrogen and oxygen atoms in total. The molecule has 0 N–H and O–H groups in total. The summed E-state index contributed by atoms with van der Waals surface area (Å²) in [7, 11) is 4.61. The lowest BCUT2D eigenvalue weighted by atomic mass is 10.1. The summed E-state index contributed by atoms with van der Waals surface area (Å²) in [5.41, 5.74) is 1.31. The van der Waals surface area contributed by atoms with Crippen LogP contribution < -0.4 is 24.3 Å². The molecule has 0 bridgehead atoms. The van der Waals surface area contributed by atoms with Crippen molar-refractivity contribution < 1.29 is 18.6 Å². The largest absolute Gasteiger partial charge is 0.493 e. The Morgan fingerprint density at radius 2 is 1.76 bits per heavy atom. The Balaban J connectivity index is 1.52. The Labute approximate surface area is 206 Å². The SMILES string of the molecule is COc1cc(-c2nc3sc(=Cc4ccc(-c5cccc(Br)c5)o4)c(=O)n3n2)cc(OC)c1OC. The van der Waals surface area contributed by atoms with Gasteiger partial charge in [-0.1, -0.05) is 39.4 Å². The van der Waals surface area contributed by atoms with Crippen LogP contribution in [0.15, 0.2) is 62.2 Å². The molecule has 0 aliphatic rings. The zero-order valence-electron chi connectivity index (χ0n) is 18.4. The van der Waals surface area contributed by atoms with Crippen LogP contribution in [0.25, 0.3) is 33.7 Å². The molecule has 0 radical (unpaired) electrons. The number of rotatable bonds is 6. The van der Waals surface area contributed by atoms with E-state index in [1.807, 2.05) is 36.4 Å². The zero-order valence-corrected chi connectivity index (χ0v) is 20.8. The number of methoxy groups -OCH3 is 3. The van der Waals surface area contributed by atoms with E-state index in [1.54, 1.807) is 18.2 Å². The van der Waals surface area contributed by atoms with Crippen LogP contribution in [0.2, 0.25) is 0 Å². The fraction of sp³-hybridized carbons (Fsp3) is 0.125. The number of ether oxygens (including phenoxy) is 3. The van der Waals surface area contributed by atoms with Gasteiger partial charge in [0.15, 0.2) is 17.3 Å². The van der Waals surface area contributed by atoms with Gasteiger partial charge in [0.25, 0.3) is 5.56 Å². The van der Waals surface area contributed by atoms with E-state index in [4.69, 9.17) is 18.6 Å². The molecule has 0 saturated carbocycles. The highest BCUT2D eigenvalue weighted by Crippen LogP contribution is 2.40. The molecule has 3 heterocycles. The highest BCUT2D eigenvalue weighted by molar-refractivity contribution is 9.10. The van der Waals surface area contributed by atoms with E-state index in [-0.39, 0.29) is 5.56 Å². The summed E-state index contributed by atoms with van der Waals surface area (Å²) in [6, 6.07) is 15.0. The Morgan fingerprint density at radius 3 is 2.41 bits per heavy atom. The molecule has 3 aromatic heterocycles. The van der Waals surface area contributed by atoms with Crippen molar-refractivity contribution in [1.29, 1.82) is 0 Å². The van der Waals surface area contributed by atoms with E-state index in [1.165, 1.54) is 37.2 Å². The van der Waals surface area contributed by atoms with Crippen LogP contribution in [-0.2, 0) is 0 Å². The number of aromatic nitrogens is 3. The van der Waals surface area contributed by atoms with Gasteiger partial charge in [-0.2, -0.15) is 9.50 Å².